The summed E-state index contributed by atoms with van der Waals surface area (Å²) in [4.78, 5) is 11.6. The number of ether oxygens (including phenoxy) is 3. The van der Waals surface area contributed by atoms with Gasteiger partial charge in [0.2, 0.25) is 0 Å². The molecule has 0 bridgehead atoms. The zero-order valence-corrected chi connectivity index (χ0v) is 12.0. The van der Waals surface area contributed by atoms with Gasteiger partial charge in [0.05, 0.1) is 19.8 Å². The minimum absolute atomic E-state index is 0.0778. The van der Waals surface area contributed by atoms with Crippen LogP contribution in [-0.2, 0) is 20.9 Å². The van der Waals surface area contributed by atoms with Crippen molar-refractivity contribution in [1.29, 1.82) is 0 Å². The van der Waals surface area contributed by atoms with E-state index in [0.717, 1.165) is 11.3 Å². The highest BCUT2D eigenvalue weighted by Gasteiger charge is 2.33. The van der Waals surface area contributed by atoms with Gasteiger partial charge in [-0.15, -0.1) is 0 Å². The van der Waals surface area contributed by atoms with Crippen LogP contribution in [0.1, 0.15) is 12.5 Å². The lowest BCUT2D eigenvalue weighted by Crippen LogP contribution is -2.41. The van der Waals surface area contributed by atoms with Gasteiger partial charge in [-0.05, 0) is 18.2 Å². The summed E-state index contributed by atoms with van der Waals surface area (Å²) < 4.78 is 16.6. The lowest BCUT2D eigenvalue weighted by molar-refractivity contribution is -0.129. The second kappa shape index (κ2) is 6.68. The zero-order chi connectivity index (χ0) is 14.5. The lowest BCUT2D eigenvalue weighted by Gasteiger charge is -2.30. The van der Waals surface area contributed by atoms with E-state index in [2.05, 4.69) is 0 Å². The van der Waals surface area contributed by atoms with Crippen molar-refractivity contribution >= 4 is 5.78 Å². The molecule has 108 valence electrons. The molecule has 0 unspecified atom stereocenters. The third-order valence-corrected chi connectivity index (χ3v) is 3.61. The van der Waals surface area contributed by atoms with Crippen LogP contribution in [0.3, 0.4) is 0 Å². The highest BCUT2D eigenvalue weighted by atomic mass is 16.5. The molecule has 0 amide bonds. The summed E-state index contributed by atoms with van der Waals surface area (Å²) in [5, 5.41) is 0. The molecular weight excluding hydrogens is 256 g/mol. The molecule has 0 heterocycles. The molecule has 4 heteroatoms. The van der Waals surface area contributed by atoms with Gasteiger partial charge in [0, 0.05) is 18.6 Å². The van der Waals surface area contributed by atoms with Crippen LogP contribution in [0.15, 0.2) is 36.4 Å². The molecule has 0 saturated carbocycles. The Morgan fingerprint density at radius 2 is 1.95 bits per heavy atom. The summed E-state index contributed by atoms with van der Waals surface area (Å²) in [6, 6.07) is 7.72. The molecule has 1 aromatic rings. The third-order valence-electron chi connectivity index (χ3n) is 3.61. The molecule has 20 heavy (non-hydrogen) atoms. The number of methoxy groups -OCH3 is 2. The standard InChI is InChI=1S/C16H20O4/c1-11-13(17)8-9-15(16(11)19-3)20-10-12-6-4-5-7-14(12)18-2/h4-9,11,15-16H,10H2,1-3H3/t11-,15-,16+/m1/s1. The fourth-order valence-corrected chi connectivity index (χ4v) is 2.39. The van der Waals surface area contributed by atoms with Crippen molar-refractivity contribution in [2.45, 2.75) is 25.7 Å². The van der Waals surface area contributed by atoms with Crippen molar-refractivity contribution < 1.29 is 19.0 Å². The number of ketones is 1. The minimum atomic E-state index is -0.248. The average Bonchev–Trinajstić information content (AvgIpc) is 2.48. The first kappa shape index (κ1) is 14.8. The Morgan fingerprint density at radius 3 is 2.65 bits per heavy atom. The number of allylic oxidation sites excluding steroid dienone is 1. The van der Waals surface area contributed by atoms with E-state index in [-0.39, 0.29) is 23.9 Å². The van der Waals surface area contributed by atoms with Gasteiger partial charge in [-0.3, -0.25) is 4.79 Å². The number of hydrogen-bond donors (Lipinski definition) is 0. The molecule has 0 aliphatic heterocycles. The van der Waals surface area contributed by atoms with Gasteiger partial charge in [-0.2, -0.15) is 0 Å². The van der Waals surface area contributed by atoms with Crippen LogP contribution in [0.5, 0.6) is 5.75 Å². The van der Waals surface area contributed by atoms with E-state index in [1.165, 1.54) is 0 Å². The van der Waals surface area contributed by atoms with Gasteiger partial charge in [0.25, 0.3) is 0 Å². The fourth-order valence-electron chi connectivity index (χ4n) is 2.39. The Kier molecular flexibility index (Phi) is 4.93. The minimum Gasteiger partial charge on any atom is -0.496 e. The van der Waals surface area contributed by atoms with Gasteiger partial charge in [-0.1, -0.05) is 25.1 Å². The van der Waals surface area contributed by atoms with E-state index in [1.807, 2.05) is 31.2 Å². The maximum Gasteiger partial charge on any atom is 0.160 e. The second-order valence-electron chi connectivity index (χ2n) is 4.84. The van der Waals surface area contributed by atoms with Crippen LogP contribution in [0.4, 0.5) is 0 Å². The maximum atomic E-state index is 11.6. The van der Waals surface area contributed by atoms with Crippen molar-refractivity contribution in [2.24, 2.45) is 5.92 Å². The first-order chi connectivity index (χ1) is 9.67. The summed E-state index contributed by atoms with van der Waals surface area (Å²) in [6.07, 6.45) is 2.87. The molecule has 0 aromatic heterocycles. The van der Waals surface area contributed by atoms with Crippen molar-refractivity contribution in [2.75, 3.05) is 14.2 Å². The predicted octanol–water partition coefficient (Wildman–Crippen LogP) is 2.37. The van der Waals surface area contributed by atoms with E-state index in [1.54, 1.807) is 26.4 Å². The molecule has 0 saturated heterocycles. The fraction of sp³-hybridized carbons (Fsp3) is 0.438. The van der Waals surface area contributed by atoms with Crippen molar-refractivity contribution in [3.63, 3.8) is 0 Å². The van der Waals surface area contributed by atoms with Gasteiger partial charge in [0.1, 0.15) is 11.9 Å². The van der Waals surface area contributed by atoms with E-state index < -0.39 is 0 Å². The Bertz CT molecular complexity index is 495. The predicted molar refractivity (Wildman–Crippen MR) is 75.7 cm³/mol. The highest BCUT2D eigenvalue weighted by Crippen LogP contribution is 2.24. The Hall–Kier alpha value is -1.65. The topological polar surface area (TPSA) is 44.8 Å². The number of benzene rings is 1. The number of carbonyl (C=O) groups is 1. The van der Waals surface area contributed by atoms with Crippen molar-refractivity contribution in [3.05, 3.63) is 42.0 Å². The summed E-state index contributed by atoms with van der Waals surface area (Å²) >= 11 is 0. The first-order valence-electron chi connectivity index (χ1n) is 6.65. The molecule has 1 aliphatic carbocycles. The molecule has 1 aliphatic rings. The van der Waals surface area contributed by atoms with Gasteiger partial charge < -0.3 is 14.2 Å². The smallest absolute Gasteiger partial charge is 0.160 e. The summed E-state index contributed by atoms with van der Waals surface area (Å²) in [5.74, 6) is 0.687. The van der Waals surface area contributed by atoms with Crippen LogP contribution in [0, 0.1) is 5.92 Å². The Morgan fingerprint density at radius 1 is 1.20 bits per heavy atom. The molecular formula is C16H20O4. The molecule has 0 N–H and O–H groups in total. The average molecular weight is 276 g/mol. The molecule has 0 fully saturated rings. The quantitative estimate of drug-likeness (QED) is 0.828. The van der Waals surface area contributed by atoms with E-state index >= 15 is 0 Å². The van der Waals surface area contributed by atoms with Crippen LogP contribution in [0.25, 0.3) is 0 Å². The second-order valence-corrected chi connectivity index (χ2v) is 4.84. The van der Waals surface area contributed by atoms with Gasteiger partial charge in [-0.25, -0.2) is 0 Å². The number of carbonyl (C=O) groups excluding carboxylic acids is 1. The monoisotopic (exact) mass is 276 g/mol. The summed E-state index contributed by atoms with van der Waals surface area (Å²) in [7, 11) is 3.24. The summed E-state index contributed by atoms with van der Waals surface area (Å²) in [6.45, 7) is 2.28. The first-order valence-corrected chi connectivity index (χ1v) is 6.65. The van der Waals surface area contributed by atoms with Crippen molar-refractivity contribution in [1.82, 2.24) is 0 Å². The molecule has 2 rings (SSSR count). The molecule has 0 spiro atoms. The normalized spacial score (nSPS) is 25.8. The number of rotatable bonds is 5. The molecule has 4 nitrogen and oxygen atoms in total. The van der Waals surface area contributed by atoms with Crippen LogP contribution in [0.2, 0.25) is 0 Å². The molecule has 1 aromatic carbocycles. The maximum absolute atomic E-state index is 11.6. The van der Waals surface area contributed by atoms with E-state index in [9.17, 15) is 4.79 Å². The van der Waals surface area contributed by atoms with Crippen LogP contribution >= 0.6 is 0 Å². The largest absolute Gasteiger partial charge is 0.496 e. The van der Waals surface area contributed by atoms with Crippen LogP contribution in [-0.4, -0.2) is 32.2 Å². The van der Waals surface area contributed by atoms with Gasteiger partial charge in [0.15, 0.2) is 5.78 Å². The van der Waals surface area contributed by atoms with Crippen molar-refractivity contribution in [3.8, 4) is 5.75 Å². The number of hydrogen-bond acceptors (Lipinski definition) is 4. The van der Waals surface area contributed by atoms with Gasteiger partial charge >= 0.3 is 0 Å². The SMILES string of the molecule is COc1ccccc1CO[C@@H]1C=CC(=O)[C@@H](C)[C@@H]1OC. The Labute approximate surface area is 119 Å². The third kappa shape index (κ3) is 3.08. The highest BCUT2D eigenvalue weighted by molar-refractivity contribution is 5.93. The number of para-hydroxylation sites is 1. The summed E-state index contributed by atoms with van der Waals surface area (Å²) in [5.41, 5.74) is 0.975. The Balaban J connectivity index is 2.06. The molecule has 3 atom stereocenters. The lowest BCUT2D eigenvalue weighted by atomic mass is 9.89. The molecule has 0 radical (unpaired) electrons. The van der Waals surface area contributed by atoms with E-state index in [0.29, 0.717) is 6.61 Å². The zero-order valence-electron chi connectivity index (χ0n) is 12.0. The van der Waals surface area contributed by atoms with Crippen LogP contribution < -0.4 is 4.74 Å². The van der Waals surface area contributed by atoms with E-state index in [4.69, 9.17) is 14.2 Å².